The maximum Gasteiger partial charge on any atom is 0.573 e. The lowest BCUT2D eigenvalue weighted by molar-refractivity contribution is -0.274. The van der Waals surface area contributed by atoms with Gasteiger partial charge in [-0.05, 0) is 49.6 Å². The Bertz CT molecular complexity index is 1150. The summed E-state index contributed by atoms with van der Waals surface area (Å²) in [7, 11) is 0. The zero-order valence-corrected chi connectivity index (χ0v) is 18.8. The number of hydrogen-bond acceptors (Lipinski definition) is 6. The molecule has 0 bridgehead atoms. The summed E-state index contributed by atoms with van der Waals surface area (Å²) >= 11 is 0. The lowest BCUT2D eigenvalue weighted by Gasteiger charge is -2.21. The third kappa shape index (κ3) is 5.62. The van der Waals surface area contributed by atoms with E-state index >= 15 is 0 Å². The average molecular weight is 471 g/mol. The highest BCUT2D eigenvalue weighted by Crippen LogP contribution is 2.33. The minimum atomic E-state index is -4.78. The highest BCUT2D eigenvalue weighted by Gasteiger charge is 2.31. The van der Waals surface area contributed by atoms with E-state index in [-0.39, 0.29) is 5.75 Å². The van der Waals surface area contributed by atoms with Crippen LogP contribution in [0, 0.1) is 12.8 Å². The lowest BCUT2D eigenvalue weighted by atomic mass is 10.1. The van der Waals surface area contributed by atoms with Crippen molar-refractivity contribution < 1.29 is 22.7 Å². The van der Waals surface area contributed by atoms with Gasteiger partial charge in [0, 0.05) is 48.5 Å². The molecule has 1 atom stereocenters. The Kier molecular flexibility index (Phi) is 6.67. The minimum Gasteiger partial charge on any atom is -0.406 e. The summed E-state index contributed by atoms with van der Waals surface area (Å²) in [5.74, 6) is 1.20. The number of pyridine rings is 1. The van der Waals surface area contributed by atoms with E-state index in [0.717, 1.165) is 55.0 Å². The van der Waals surface area contributed by atoms with Crippen LogP contribution >= 0.6 is 0 Å². The molecule has 1 saturated heterocycles. The van der Waals surface area contributed by atoms with Gasteiger partial charge in [0.05, 0.1) is 5.56 Å². The molecule has 3 aromatic rings. The number of anilines is 2. The number of aromatic nitrogens is 3. The Labute approximate surface area is 195 Å². The number of aryl methyl sites for hydroxylation is 1. The average Bonchev–Trinajstić information content (AvgIpc) is 3.29. The van der Waals surface area contributed by atoms with Crippen LogP contribution in [0.1, 0.15) is 35.9 Å². The first-order valence-electron chi connectivity index (χ1n) is 10.9. The van der Waals surface area contributed by atoms with E-state index in [1.807, 2.05) is 0 Å². The molecular formula is C24H24F3N5O2. The fraction of sp³-hybridized carbons (Fsp3) is 0.333. The van der Waals surface area contributed by atoms with Gasteiger partial charge in [-0.25, -0.2) is 15.0 Å². The zero-order chi connectivity index (χ0) is 24.3. The topological polar surface area (TPSA) is 80.2 Å². The van der Waals surface area contributed by atoms with Crippen LogP contribution in [-0.4, -0.2) is 40.3 Å². The number of hydrogen-bond donors (Lipinski definition) is 1. The third-order valence-corrected chi connectivity index (χ3v) is 5.73. The van der Waals surface area contributed by atoms with Crippen molar-refractivity contribution in [2.45, 2.75) is 33.1 Å². The first-order chi connectivity index (χ1) is 16.2. The Morgan fingerprint density at radius 3 is 2.47 bits per heavy atom. The highest BCUT2D eigenvalue weighted by atomic mass is 19.4. The first kappa shape index (κ1) is 23.5. The smallest absolute Gasteiger partial charge is 0.406 e. The number of ether oxygens (including phenoxy) is 1. The Hall–Kier alpha value is -3.69. The van der Waals surface area contributed by atoms with Crippen LogP contribution in [0.15, 0.2) is 48.9 Å². The van der Waals surface area contributed by atoms with Crippen molar-refractivity contribution in [2.75, 3.05) is 23.3 Å². The molecule has 0 radical (unpaired) electrons. The summed E-state index contributed by atoms with van der Waals surface area (Å²) in [6, 6.07) is 6.69. The van der Waals surface area contributed by atoms with Gasteiger partial charge in [-0.2, -0.15) is 0 Å². The second kappa shape index (κ2) is 9.66. The highest BCUT2D eigenvalue weighted by molar-refractivity contribution is 6.05. The number of carbonyl (C=O) groups is 1. The van der Waals surface area contributed by atoms with Crippen LogP contribution in [-0.2, 0) is 0 Å². The zero-order valence-electron chi connectivity index (χ0n) is 18.8. The van der Waals surface area contributed by atoms with Crippen LogP contribution in [0.25, 0.3) is 11.1 Å². The molecule has 3 heterocycles. The Balaban J connectivity index is 1.59. The molecule has 1 N–H and O–H groups in total. The van der Waals surface area contributed by atoms with Crippen LogP contribution in [0.2, 0.25) is 0 Å². The van der Waals surface area contributed by atoms with Gasteiger partial charge in [-0.1, -0.05) is 13.3 Å². The molecule has 4 rings (SSSR count). The summed E-state index contributed by atoms with van der Waals surface area (Å²) in [4.78, 5) is 28.3. The molecule has 178 valence electrons. The Morgan fingerprint density at radius 1 is 1.15 bits per heavy atom. The molecule has 2 aromatic heterocycles. The van der Waals surface area contributed by atoms with Gasteiger partial charge in [-0.3, -0.25) is 4.79 Å². The number of carbonyl (C=O) groups excluding carboxylic acids is 1. The van der Waals surface area contributed by atoms with Gasteiger partial charge >= 0.3 is 6.36 Å². The summed E-state index contributed by atoms with van der Waals surface area (Å²) in [6.07, 6.45) is 2.31. The molecule has 10 heteroatoms. The third-order valence-electron chi connectivity index (χ3n) is 5.73. The molecule has 1 fully saturated rings. The molecule has 34 heavy (non-hydrogen) atoms. The molecule has 1 amide bonds. The van der Waals surface area contributed by atoms with Crippen molar-refractivity contribution in [1.82, 2.24) is 15.0 Å². The van der Waals surface area contributed by atoms with Gasteiger partial charge in [0.15, 0.2) is 0 Å². The molecular weight excluding hydrogens is 447 g/mol. The number of alkyl halides is 3. The summed E-state index contributed by atoms with van der Waals surface area (Å²) < 4.78 is 40.9. The number of benzene rings is 1. The number of halogens is 3. The molecule has 7 nitrogen and oxygen atoms in total. The second-order valence-electron chi connectivity index (χ2n) is 8.15. The van der Waals surface area contributed by atoms with Crippen molar-refractivity contribution in [3.63, 3.8) is 0 Å². The molecule has 0 aliphatic carbocycles. The maximum absolute atomic E-state index is 12.9. The molecule has 1 aliphatic rings. The molecule has 0 spiro atoms. The molecule has 1 aromatic carbocycles. The second-order valence-corrected chi connectivity index (χ2v) is 8.15. The van der Waals surface area contributed by atoms with Crippen molar-refractivity contribution in [3.05, 3.63) is 60.3 Å². The number of nitrogens with zero attached hydrogens (tertiary/aromatic N) is 4. The standard InChI is InChI=1S/C24H24F3N5O2/c1-3-16-8-9-32(14-16)22-21(18-12-28-15(2)29-13-18)10-17(11-30-22)23(33)31-19-4-6-20(7-5-19)34-24(25,26)27/h4-7,10-13,16H,3,8-9,14H2,1-2H3,(H,31,33)/t16-/m0/s1. The van der Waals surface area contributed by atoms with E-state index in [0.29, 0.717) is 23.0 Å². The normalized spacial score (nSPS) is 15.9. The van der Waals surface area contributed by atoms with Crippen molar-refractivity contribution in [1.29, 1.82) is 0 Å². The summed E-state index contributed by atoms with van der Waals surface area (Å²) in [5, 5.41) is 2.68. The van der Waals surface area contributed by atoms with E-state index in [1.54, 1.807) is 25.4 Å². The van der Waals surface area contributed by atoms with E-state index in [2.05, 4.69) is 36.8 Å². The van der Waals surface area contributed by atoms with Crippen LogP contribution in [0.3, 0.4) is 0 Å². The Morgan fingerprint density at radius 2 is 1.85 bits per heavy atom. The van der Waals surface area contributed by atoms with E-state index in [4.69, 9.17) is 0 Å². The first-order valence-corrected chi connectivity index (χ1v) is 10.9. The summed E-state index contributed by atoms with van der Waals surface area (Å²) in [5.41, 5.74) is 2.13. The fourth-order valence-electron chi connectivity index (χ4n) is 3.88. The minimum absolute atomic E-state index is 0.307. The predicted molar refractivity (Wildman–Crippen MR) is 122 cm³/mol. The lowest BCUT2D eigenvalue weighted by Crippen LogP contribution is -2.22. The van der Waals surface area contributed by atoms with Gasteiger partial charge in [0.25, 0.3) is 5.91 Å². The number of nitrogens with one attached hydrogen (secondary N) is 1. The maximum atomic E-state index is 12.9. The predicted octanol–water partition coefficient (Wildman–Crippen LogP) is 5.23. The van der Waals surface area contributed by atoms with Crippen LogP contribution in [0.5, 0.6) is 5.75 Å². The molecule has 1 aliphatic heterocycles. The fourth-order valence-corrected chi connectivity index (χ4v) is 3.88. The van der Waals surface area contributed by atoms with Gasteiger partial charge in [0.1, 0.15) is 17.4 Å². The van der Waals surface area contributed by atoms with Crippen LogP contribution in [0.4, 0.5) is 24.7 Å². The SMILES string of the molecule is CC[C@H]1CCN(c2ncc(C(=O)Nc3ccc(OC(F)(F)F)cc3)cc2-c2cnc(C)nc2)C1. The summed E-state index contributed by atoms with van der Waals surface area (Å²) in [6.45, 7) is 5.74. The number of amides is 1. The van der Waals surface area contributed by atoms with Crippen molar-refractivity contribution >= 4 is 17.4 Å². The van der Waals surface area contributed by atoms with Crippen molar-refractivity contribution in [3.8, 4) is 16.9 Å². The largest absolute Gasteiger partial charge is 0.573 e. The van der Waals surface area contributed by atoms with Crippen LogP contribution < -0.4 is 15.0 Å². The molecule has 0 unspecified atom stereocenters. The molecule has 0 saturated carbocycles. The van der Waals surface area contributed by atoms with E-state index in [1.165, 1.54) is 18.3 Å². The van der Waals surface area contributed by atoms with E-state index < -0.39 is 12.3 Å². The van der Waals surface area contributed by atoms with E-state index in [9.17, 15) is 18.0 Å². The quantitative estimate of drug-likeness (QED) is 0.530. The van der Waals surface area contributed by atoms with Crippen molar-refractivity contribution in [2.24, 2.45) is 5.92 Å². The monoisotopic (exact) mass is 471 g/mol. The van der Waals surface area contributed by atoms with Gasteiger partial charge in [-0.15, -0.1) is 13.2 Å². The number of rotatable bonds is 6. The van der Waals surface area contributed by atoms with Gasteiger partial charge < -0.3 is 15.0 Å². The van der Waals surface area contributed by atoms with Gasteiger partial charge in [0.2, 0.25) is 0 Å².